The van der Waals surface area contributed by atoms with Crippen LogP contribution in [0.25, 0.3) is 0 Å². The first-order valence-corrected chi connectivity index (χ1v) is 11.7. The van der Waals surface area contributed by atoms with Crippen LogP contribution in [0.1, 0.15) is 18.1 Å². The third kappa shape index (κ3) is 3.43. The zero-order valence-electron chi connectivity index (χ0n) is 15.3. The van der Waals surface area contributed by atoms with E-state index in [1.165, 1.54) is 11.0 Å². The van der Waals surface area contributed by atoms with Gasteiger partial charge in [0.2, 0.25) is 0 Å². The summed E-state index contributed by atoms with van der Waals surface area (Å²) in [7, 11) is -3.26. The number of aryl methyl sites for hydroxylation is 1. The average Bonchev–Trinajstić information content (AvgIpc) is 3.07. The summed E-state index contributed by atoms with van der Waals surface area (Å²) in [6, 6.07) is 11.0. The Balaban J connectivity index is 1.69. The van der Waals surface area contributed by atoms with Gasteiger partial charge in [-0.15, -0.1) is 0 Å². The van der Waals surface area contributed by atoms with Crippen LogP contribution in [0.5, 0.6) is 0 Å². The van der Waals surface area contributed by atoms with Gasteiger partial charge in [0, 0.05) is 15.7 Å². The largest absolute Gasteiger partial charge is 0.325 e. The lowest BCUT2D eigenvalue weighted by Crippen LogP contribution is -2.37. The van der Waals surface area contributed by atoms with E-state index in [0.717, 1.165) is 12.0 Å². The zero-order valence-corrected chi connectivity index (χ0v) is 17.7. The van der Waals surface area contributed by atoms with Crippen LogP contribution in [0, 0.1) is 5.82 Å². The van der Waals surface area contributed by atoms with Crippen molar-refractivity contribution in [1.29, 1.82) is 0 Å². The maximum Gasteiger partial charge on any atom is 0.325 e. The summed E-state index contributed by atoms with van der Waals surface area (Å²) in [5.41, 5.74) is 2.18. The molecule has 0 bridgehead atoms. The van der Waals surface area contributed by atoms with Crippen molar-refractivity contribution in [3.8, 4) is 0 Å². The van der Waals surface area contributed by atoms with E-state index in [1.807, 2.05) is 31.2 Å². The number of hydrogen-bond acceptors (Lipinski definition) is 3. The monoisotopic (exact) mass is 466 g/mol. The van der Waals surface area contributed by atoms with Crippen molar-refractivity contribution in [3.63, 3.8) is 0 Å². The molecule has 2 aromatic carbocycles. The van der Waals surface area contributed by atoms with Crippen LogP contribution in [0.2, 0.25) is 0 Å². The molecule has 0 N–H and O–H groups in total. The van der Waals surface area contributed by atoms with E-state index in [2.05, 4.69) is 15.9 Å². The van der Waals surface area contributed by atoms with Crippen LogP contribution in [0.3, 0.4) is 0 Å². The molecular formula is C20H20BrFN2O3S. The van der Waals surface area contributed by atoms with E-state index in [1.54, 1.807) is 17.0 Å². The number of nitrogens with zero attached hydrogens (tertiary/aromatic N) is 2. The quantitative estimate of drug-likeness (QED) is 0.644. The summed E-state index contributed by atoms with van der Waals surface area (Å²) < 4.78 is 39.5. The molecule has 28 heavy (non-hydrogen) atoms. The number of carbonyl (C=O) groups excluding carboxylic acids is 1. The number of benzene rings is 2. The topological polar surface area (TPSA) is 57.7 Å². The summed E-state index contributed by atoms with van der Waals surface area (Å²) in [6.07, 6.45) is 0.879. The summed E-state index contributed by atoms with van der Waals surface area (Å²) in [6.45, 7) is 2.09. The number of urea groups is 1. The number of halogens is 2. The fourth-order valence-corrected chi connectivity index (χ4v) is 6.27. The fourth-order valence-electron chi connectivity index (χ4n) is 3.99. The highest BCUT2D eigenvalue weighted by atomic mass is 79.9. The standard InChI is InChI=1S/C20H20BrFN2O3S/c1-2-13-3-7-16(8-4-13)24-19-12-28(26,27)11-18(19)23(20(24)25)10-14-5-6-15(21)9-17(14)22/h3-9,18-19H,2,10-12H2,1H3. The molecule has 0 radical (unpaired) electrons. The Morgan fingerprint density at radius 3 is 2.43 bits per heavy atom. The highest BCUT2D eigenvalue weighted by Crippen LogP contribution is 2.36. The van der Waals surface area contributed by atoms with E-state index >= 15 is 0 Å². The predicted molar refractivity (Wildman–Crippen MR) is 110 cm³/mol. The van der Waals surface area contributed by atoms with Crippen LogP contribution in [-0.2, 0) is 22.8 Å². The number of carbonyl (C=O) groups is 1. The highest BCUT2D eigenvalue weighted by Gasteiger charge is 2.53. The van der Waals surface area contributed by atoms with Gasteiger partial charge in [0.05, 0.1) is 30.1 Å². The molecule has 2 aliphatic heterocycles. The Morgan fingerprint density at radius 2 is 1.79 bits per heavy atom. The van der Waals surface area contributed by atoms with Gasteiger partial charge in [0.15, 0.2) is 9.84 Å². The molecule has 2 amide bonds. The molecule has 8 heteroatoms. The first-order valence-electron chi connectivity index (χ1n) is 9.12. The minimum absolute atomic E-state index is 0.0399. The van der Waals surface area contributed by atoms with Crippen LogP contribution < -0.4 is 4.90 Å². The lowest BCUT2D eigenvalue weighted by molar-refractivity contribution is 0.205. The molecule has 2 aromatic rings. The first kappa shape index (κ1) is 19.4. The summed E-state index contributed by atoms with van der Waals surface area (Å²) in [4.78, 5) is 16.2. The van der Waals surface area contributed by atoms with Crippen molar-refractivity contribution >= 4 is 37.5 Å². The van der Waals surface area contributed by atoms with Crippen molar-refractivity contribution < 1.29 is 17.6 Å². The second kappa shape index (κ2) is 7.15. The van der Waals surface area contributed by atoms with Gasteiger partial charge in [-0.1, -0.05) is 41.1 Å². The van der Waals surface area contributed by atoms with E-state index in [-0.39, 0.29) is 24.1 Å². The fraction of sp³-hybridized carbons (Fsp3) is 0.350. The summed E-state index contributed by atoms with van der Waals surface area (Å²) in [5, 5.41) is 0. The van der Waals surface area contributed by atoms with Gasteiger partial charge in [-0.2, -0.15) is 0 Å². The van der Waals surface area contributed by atoms with Crippen molar-refractivity contribution in [2.24, 2.45) is 0 Å². The molecule has 0 saturated carbocycles. The predicted octanol–water partition coefficient (Wildman–Crippen LogP) is 3.76. The summed E-state index contributed by atoms with van der Waals surface area (Å²) >= 11 is 3.22. The van der Waals surface area contributed by atoms with Crippen LogP contribution in [0.15, 0.2) is 46.9 Å². The molecule has 2 fully saturated rings. The van der Waals surface area contributed by atoms with Crippen molar-refractivity contribution in [3.05, 3.63) is 63.9 Å². The maximum absolute atomic E-state index is 14.3. The van der Waals surface area contributed by atoms with Crippen molar-refractivity contribution in [2.75, 3.05) is 16.4 Å². The van der Waals surface area contributed by atoms with Gasteiger partial charge in [-0.25, -0.2) is 17.6 Å². The Hall–Kier alpha value is -1.93. The Kier molecular flexibility index (Phi) is 4.95. The number of anilines is 1. The Morgan fingerprint density at radius 1 is 1.11 bits per heavy atom. The second-order valence-electron chi connectivity index (χ2n) is 7.25. The van der Waals surface area contributed by atoms with Gasteiger partial charge in [0.25, 0.3) is 0 Å². The van der Waals surface area contributed by atoms with Gasteiger partial charge in [-0.3, -0.25) is 4.90 Å². The SMILES string of the molecule is CCc1ccc(N2C(=O)N(Cc3ccc(Br)cc3F)C3CS(=O)(=O)CC32)cc1. The smallest absolute Gasteiger partial charge is 0.314 e. The highest BCUT2D eigenvalue weighted by molar-refractivity contribution is 9.10. The Bertz CT molecular complexity index is 1030. The van der Waals surface area contributed by atoms with E-state index in [4.69, 9.17) is 0 Å². The third-order valence-electron chi connectivity index (χ3n) is 5.46. The molecule has 5 nitrogen and oxygen atoms in total. The summed E-state index contributed by atoms with van der Waals surface area (Å²) in [5.74, 6) is -0.589. The van der Waals surface area contributed by atoms with Gasteiger partial charge in [-0.05, 0) is 36.2 Å². The number of hydrogen-bond donors (Lipinski definition) is 0. The second-order valence-corrected chi connectivity index (χ2v) is 10.3. The minimum atomic E-state index is -3.26. The van der Waals surface area contributed by atoms with E-state index in [0.29, 0.717) is 15.7 Å². The molecule has 4 rings (SSSR count). The van der Waals surface area contributed by atoms with E-state index in [9.17, 15) is 17.6 Å². The zero-order chi connectivity index (χ0) is 20.1. The van der Waals surface area contributed by atoms with E-state index < -0.39 is 27.7 Å². The normalized spacial score (nSPS) is 23.3. The maximum atomic E-state index is 14.3. The molecule has 0 spiro atoms. The van der Waals surface area contributed by atoms with Crippen LogP contribution in [0.4, 0.5) is 14.9 Å². The number of fused-ring (bicyclic) bond motifs is 1. The van der Waals surface area contributed by atoms with Crippen LogP contribution >= 0.6 is 15.9 Å². The molecule has 2 aliphatic rings. The molecule has 2 saturated heterocycles. The lowest BCUT2D eigenvalue weighted by atomic mass is 10.1. The molecule has 2 heterocycles. The molecule has 0 aromatic heterocycles. The molecule has 148 valence electrons. The molecule has 2 unspecified atom stereocenters. The lowest BCUT2D eigenvalue weighted by Gasteiger charge is -2.23. The minimum Gasteiger partial charge on any atom is -0.314 e. The third-order valence-corrected chi connectivity index (χ3v) is 7.65. The molecule has 2 atom stereocenters. The van der Waals surface area contributed by atoms with Crippen molar-refractivity contribution in [2.45, 2.75) is 32.0 Å². The number of amides is 2. The molecular weight excluding hydrogens is 447 g/mol. The van der Waals surface area contributed by atoms with Crippen molar-refractivity contribution in [1.82, 2.24) is 4.90 Å². The van der Waals surface area contributed by atoms with Gasteiger partial charge >= 0.3 is 6.03 Å². The van der Waals surface area contributed by atoms with Crippen LogP contribution in [-0.4, -0.2) is 42.9 Å². The average molecular weight is 467 g/mol. The first-order chi connectivity index (χ1) is 13.3. The molecule has 0 aliphatic carbocycles. The number of rotatable bonds is 4. The number of sulfone groups is 1. The van der Waals surface area contributed by atoms with Gasteiger partial charge in [0.1, 0.15) is 5.82 Å². The van der Waals surface area contributed by atoms with Gasteiger partial charge < -0.3 is 4.90 Å². The Labute approximate surface area is 172 Å².